The van der Waals surface area contributed by atoms with Gasteiger partial charge in [0, 0.05) is 256 Å². The second-order valence-corrected chi connectivity index (χ2v) is 539. The van der Waals surface area contributed by atoms with E-state index in [0.29, 0.717) is 0 Å². The second-order valence-electron chi connectivity index (χ2n) is 20.2. The lowest BCUT2D eigenvalue weighted by Crippen LogP contribution is -2.41. The first-order valence-corrected chi connectivity index (χ1v) is 222. The fourth-order valence-electron chi connectivity index (χ4n) is 4.86. The van der Waals surface area contributed by atoms with Gasteiger partial charge in [0.2, 0.25) is 0 Å². The molecule has 0 aliphatic heterocycles. The molecule has 0 aromatic rings. The molecule has 0 radical (unpaired) electrons. The Labute approximate surface area is 1340 Å². The molecule has 0 fully saturated rings. The Morgan fingerprint density at radius 1 is 0.0733 bits per heavy atom. The SMILES string of the molecule is S=CS(=S)(=S)S(=S)(=S)S(=S)(=S)S(=S)(=S)S(=S)(=S)S(=S)(=S)S(=S)(=S)S(=S)(=S)S(=S)(=S)S(=S)(=S)S(=S)(=S)S(=S)(=S)S(=S)(=S)S(=S)(=S)S(=S)(=S)S(=S)(=S)S(=S)(=S)S(=S)(=S)S(=S)(=S)S(=S)(=S)S(=S)(=S)S(=S)(=S)S(=S)(=S)S(=S)(=S)S(=S)(=S)S(=S)(=S)S(=S)(=S)S(=S)(=S)S(=S)(=S)S(=S)(=S)S(=S)(=S)S(=S)(=S)S(=S)(=S)S(=S)(=S)S(=S)(=S)S(=S)(=S)S(=S)(=S)S(=S)(=S)S(=S)(=S)S(=S)(=S)S(=S)(=S)S(=S)(=S)S(=S)(=S)S(=S)(=S)S(=S)(=S)S(=S)(=S)S(=S)(=S)S(=S)(=S)S(=S)(=S)S. The largest absolute Gasteiger partial charge is 0.0917 e. The van der Waals surface area contributed by atoms with Crippen LogP contribution in [0.4, 0.5) is 0 Å². The molecule has 0 saturated carbocycles. The molecule has 0 spiro atoms. The third-order valence-corrected chi connectivity index (χ3v) is 972. The summed E-state index contributed by atoms with van der Waals surface area (Å²) in [6, 6.07) is 0. The van der Waals surface area contributed by atoms with Crippen molar-refractivity contribution in [1.82, 2.24) is 0 Å². The summed E-state index contributed by atoms with van der Waals surface area (Å²) >= 11 is 615. The van der Waals surface area contributed by atoms with Gasteiger partial charge >= 0.3 is 0 Å². The summed E-state index contributed by atoms with van der Waals surface area (Å²) in [5.41, 5.74) is 0. The Morgan fingerprint density at radius 3 is 0.153 bits per heavy atom. The number of thiol groups is 1. The van der Waals surface area contributed by atoms with Crippen LogP contribution in [0.2, 0.25) is 0 Å². The summed E-state index contributed by atoms with van der Waals surface area (Å²) in [6.45, 7) is 0. The summed E-state index contributed by atoms with van der Waals surface area (Å²) in [6.07, 6.45) is -3.10. The van der Waals surface area contributed by atoms with Gasteiger partial charge in [-0.1, -0.05) is 23.9 Å². The quantitative estimate of drug-likeness (QED) is 0.0512. The maximum Gasteiger partial charge on any atom is 0.0537 e. The lowest BCUT2D eigenvalue weighted by molar-refractivity contribution is 4.39. The van der Waals surface area contributed by atoms with Crippen LogP contribution in [0.5, 0.6) is 0 Å². The van der Waals surface area contributed by atoms with E-state index in [1.807, 2.05) is 0 Å². The van der Waals surface area contributed by atoms with E-state index in [2.05, 4.69) is 11.7 Å². The number of rotatable bonds is 49. The van der Waals surface area contributed by atoms with Crippen molar-refractivity contribution in [3.05, 3.63) is 0 Å². The van der Waals surface area contributed by atoms with Gasteiger partial charge in [-0.25, -0.2) is 0 Å². The highest BCUT2D eigenvalue weighted by Gasteiger charge is 2.54. The van der Waals surface area contributed by atoms with Crippen molar-refractivity contribution in [2.45, 2.75) is 0 Å². The minimum Gasteiger partial charge on any atom is -0.0917 e. The Morgan fingerprint density at radius 2 is 0.113 bits per heavy atom. The summed E-state index contributed by atoms with van der Waals surface area (Å²) < 4.78 is 1.01. The van der Waals surface area contributed by atoms with E-state index >= 15 is 0 Å². The molecule has 0 heterocycles. The third-order valence-electron chi connectivity index (χ3n) is 12.2. The minimum atomic E-state index is -4.40. The summed E-state index contributed by atoms with van der Waals surface area (Å²) in [5, 5.41) is -200. The predicted octanol–water partition coefficient (Wildman–Crippen LogP) is 0.521. The van der Waals surface area contributed by atoms with Crippen molar-refractivity contribution < 1.29 is 0 Å². The first-order valence-electron chi connectivity index (χ1n) is 25.0. The zero-order valence-corrected chi connectivity index (χ0v) is 183. The van der Waals surface area contributed by atoms with E-state index in [9.17, 15) is 0 Å². The van der Waals surface area contributed by atoms with Gasteiger partial charge in [-0.2, -0.15) is 0 Å². The molecule has 0 nitrogen and oxygen atoms in total. The highest BCUT2D eigenvalue weighted by Crippen LogP contribution is 2.51. The molecule has 0 atom stereocenters. The first kappa shape index (κ1) is 189. The van der Waals surface area contributed by atoms with Crippen molar-refractivity contribution >= 4 is 1380 Å². The number of hydrogen-bond acceptors (Lipinski definition) is 99. The van der Waals surface area contributed by atoms with E-state index < -0.39 is 256 Å². The Balaban J connectivity index is 9.03. The van der Waals surface area contributed by atoms with E-state index in [1.165, 1.54) is 0 Å². The number of hydrogen-bond donors (Lipinski definition) is 1. The maximum atomic E-state index is 6.32. The molecule has 0 unspecified atom stereocenters. The fourth-order valence-corrected chi connectivity index (χ4v) is 1170. The Kier molecular flexibility index (Phi) is 74.4. The van der Waals surface area contributed by atoms with Crippen LogP contribution < -0.4 is 0 Å². The zero-order valence-electron chi connectivity index (χ0n) is 61.4. The van der Waals surface area contributed by atoms with Gasteiger partial charge in [-0.05, 0) is 1100 Å². The van der Waals surface area contributed by atoms with Crippen LogP contribution in [-0.4, -0.2) is 4.70 Å². The van der Waals surface area contributed by atoms with E-state index in [1.54, 1.807) is 0 Å². The van der Waals surface area contributed by atoms with Gasteiger partial charge in [0.1, 0.15) is 0 Å². The normalized spacial score (nSPS) is 17.1. The van der Waals surface area contributed by atoms with Crippen LogP contribution in [0.25, 0.3) is 0 Å². The molecule has 0 aromatic heterocycles. The molecule has 0 saturated heterocycles. The van der Waals surface area contributed by atoms with Gasteiger partial charge in [-0.15, -0.1) is 0 Å². The molecule has 0 bridgehead atoms. The number of thiocarbonyl (C=S) groups is 1. The van der Waals surface area contributed by atoms with E-state index in [-0.39, 0.29) is 0 Å². The van der Waals surface area contributed by atoms with Crippen LogP contribution in [0, 0.1) is 0 Å². The molecule has 0 rings (SSSR count). The van der Waals surface area contributed by atoms with Gasteiger partial charge < -0.3 is 0 Å². The molecular formula is CH2S149. The topological polar surface area (TPSA) is 0 Å². The average molecular weight is 4790 g/mol. The summed E-state index contributed by atoms with van der Waals surface area (Å²) in [7, 11) is 0. The highest BCUT2D eigenvalue weighted by molar-refractivity contribution is 9.87. The standard InChI is InChI=1S/CH2S149/c2-1-102(3,4)104(8,9)106(12,13)108(16,17)110(20,21)112(24,25)114(28,29)116(32,33)118(36,37)120(40,41)122(44,45)124(48,49)126(52,53)128(56,57)130(60,61)132(64,65)134(68,69)136(72,73)138(76,77)140(80,81)142(84,85)144(88,89)146(92,93)148(96,97)150(100,101)149(98,99)147(94,95)145(90,91)143(86,87)141(82,83)139(78,79)137(74,75)135(70,71)133(66,67)131(62,63)129(58,59)127(54,55)125(50,51)123(46,47)121(42,43)119(38,39)117(34,35)115(30,31)113(26,27)111(22,23)109(18,19)107(14,15)105(10,11)103(5,6)7/h1H,(H,5,6,7). The lowest BCUT2D eigenvalue weighted by atomic mass is 11.9. The lowest BCUT2D eigenvalue weighted by Gasteiger charge is -2.37. The molecular weight excluding hydrogens is 4790 g/mol. The van der Waals surface area contributed by atoms with E-state index in [4.69, 9.17) is 1110 Å². The van der Waals surface area contributed by atoms with Crippen LogP contribution in [-0.2, 0) is 1350 Å². The molecule has 0 aliphatic carbocycles. The zero-order chi connectivity index (χ0) is 125. The maximum absolute atomic E-state index is 6.32. The van der Waals surface area contributed by atoms with Crippen molar-refractivity contribution in [1.29, 1.82) is 0 Å². The monoisotopic (exact) mass is 4780 g/mol. The molecule has 0 aromatic carbocycles. The van der Waals surface area contributed by atoms with Crippen LogP contribution in [0.1, 0.15) is 0 Å². The van der Waals surface area contributed by atoms with Crippen LogP contribution in [0.3, 0.4) is 0 Å². The van der Waals surface area contributed by atoms with Gasteiger partial charge in [0.25, 0.3) is 0 Å². The molecule has 0 aliphatic rings. The average Bonchev–Trinajstić information content (AvgIpc) is 0.682. The van der Waals surface area contributed by atoms with Gasteiger partial charge in [-0.3, -0.25) is 0 Å². The van der Waals surface area contributed by atoms with Crippen molar-refractivity contribution in [3.8, 4) is 0 Å². The van der Waals surface area contributed by atoms with Crippen LogP contribution in [0.15, 0.2) is 0 Å². The van der Waals surface area contributed by atoms with Crippen molar-refractivity contribution in [3.63, 3.8) is 0 Å². The molecule has 150 heavy (non-hydrogen) atoms. The third kappa shape index (κ3) is 28.8. The summed E-state index contributed by atoms with van der Waals surface area (Å²) in [5.74, 6) is 0. The summed E-state index contributed by atoms with van der Waals surface area (Å²) in [4.78, 5) is 0. The molecule has 149 heteroatoms. The fraction of sp³-hybridized carbons (Fsp3) is 0. The molecule has 0 N–H and O–H groups in total. The molecule has 0 amide bonds. The predicted molar refractivity (Wildman–Crippen MR) is 1110 cm³/mol. The van der Waals surface area contributed by atoms with Crippen molar-refractivity contribution in [2.24, 2.45) is 0 Å². The Bertz CT molecular complexity index is 11700. The smallest absolute Gasteiger partial charge is 0.0537 e. The van der Waals surface area contributed by atoms with Crippen LogP contribution >= 0.6 is 23.9 Å². The second kappa shape index (κ2) is 59.0. The van der Waals surface area contributed by atoms with Gasteiger partial charge in [0.05, 0.1) is 4.70 Å². The Hall–Kier alpha value is 39.1. The van der Waals surface area contributed by atoms with E-state index in [0.717, 1.165) is 4.70 Å². The highest BCUT2D eigenvalue weighted by atomic mass is 34.6. The van der Waals surface area contributed by atoms with Gasteiger partial charge in [0.15, 0.2) is 0 Å². The first-order chi connectivity index (χ1) is 62.6. The molecule has 900 valence electrons. The van der Waals surface area contributed by atoms with Crippen molar-refractivity contribution in [2.75, 3.05) is 0 Å². The minimum absolute atomic E-state index is 1.01.